The lowest BCUT2D eigenvalue weighted by Gasteiger charge is -2.11. The predicted molar refractivity (Wildman–Crippen MR) is 89.9 cm³/mol. The molecule has 0 spiro atoms. The molecule has 0 unspecified atom stereocenters. The number of nitrogen functional groups attached to an aromatic ring is 1. The number of hydrogen-bond donors (Lipinski definition) is 2. The fraction of sp³-hybridized carbons (Fsp3) is 0.167. The highest BCUT2D eigenvalue weighted by atomic mass is 14.9. The van der Waals surface area contributed by atoms with Crippen molar-refractivity contribution in [3.63, 3.8) is 0 Å². The summed E-state index contributed by atoms with van der Waals surface area (Å²) in [5.74, 6) is 0. The van der Waals surface area contributed by atoms with Crippen LogP contribution in [0, 0.1) is 0 Å². The summed E-state index contributed by atoms with van der Waals surface area (Å²) < 4.78 is 0. The Morgan fingerprint density at radius 2 is 1.86 bits per heavy atom. The second kappa shape index (κ2) is 5.83. The lowest BCUT2D eigenvalue weighted by atomic mass is 10.1. The van der Waals surface area contributed by atoms with Crippen LogP contribution in [0.5, 0.6) is 0 Å². The Labute approximate surface area is 124 Å². The normalized spacial score (nSPS) is 10.7. The molecule has 1 heterocycles. The van der Waals surface area contributed by atoms with Crippen molar-refractivity contribution in [3.05, 3.63) is 60.3 Å². The van der Waals surface area contributed by atoms with Crippen molar-refractivity contribution in [2.45, 2.75) is 19.8 Å². The summed E-state index contributed by atoms with van der Waals surface area (Å²) in [6, 6.07) is 16.3. The second-order valence-electron chi connectivity index (χ2n) is 5.17. The second-order valence-corrected chi connectivity index (χ2v) is 5.17. The Bertz CT molecular complexity index is 748. The van der Waals surface area contributed by atoms with E-state index in [1.54, 1.807) is 6.20 Å². The maximum Gasteiger partial charge on any atom is 0.0957 e. The first-order valence-corrected chi connectivity index (χ1v) is 7.27. The van der Waals surface area contributed by atoms with Crippen LogP contribution in [0.4, 0.5) is 17.1 Å². The largest absolute Gasteiger partial charge is 0.398 e. The SMILES string of the molecule is CCCc1ccc(Nc2ccc(N)c3cccnc23)cc1. The molecule has 2 aromatic carbocycles. The number of nitrogens with zero attached hydrogens (tertiary/aromatic N) is 1. The van der Waals surface area contributed by atoms with Crippen molar-refractivity contribution in [1.29, 1.82) is 0 Å². The standard InChI is InChI=1S/C18H19N3/c1-2-4-13-6-8-14(9-7-13)21-17-11-10-16(19)15-5-3-12-20-18(15)17/h3,5-12,21H,2,4,19H2,1H3. The van der Waals surface area contributed by atoms with E-state index >= 15 is 0 Å². The molecule has 106 valence electrons. The van der Waals surface area contributed by atoms with Crippen LogP contribution in [-0.4, -0.2) is 4.98 Å². The topological polar surface area (TPSA) is 50.9 Å². The van der Waals surface area contributed by atoms with Crippen LogP contribution in [0.3, 0.4) is 0 Å². The number of hydrogen-bond acceptors (Lipinski definition) is 3. The number of anilines is 3. The average Bonchev–Trinajstić information content (AvgIpc) is 2.52. The van der Waals surface area contributed by atoms with Gasteiger partial charge in [0.1, 0.15) is 0 Å². The van der Waals surface area contributed by atoms with Gasteiger partial charge in [0.25, 0.3) is 0 Å². The molecule has 0 radical (unpaired) electrons. The molecule has 1 aromatic heterocycles. The van der Waals surface area contributed by atoms with E-state index in [4.69, 9.17) is 5.73 Å². The number of pyridine rings is 1. The van der Waals surface area contributed by atoms with Gasteiger partial charge in [0.15, 0.2) is 0 Å². The van der Waals surface area contributed by atoms with Crippen molar-refractivity contribution in [1.82, 2.24) is 4.98 Å². The third kappa shape index (κ3) is 2.82. The molecule has 21 heavy (non-hydrogen) atoms. The van der Waals surface area contributed by atoms with Gasteiger partial charge in [0, 0.05) is 23.0 Å². The van der Waals surface area contributed by atoms with Crippen LogP contribution < -0.4 is 11.1 Å². The lowest BCUT2D eigenvalue weighted by molar-refractivity contribution is 0.922. The fourth-order valence-corrected chi connectivity index (χ4v) is 2.49. The third-order valence-electron chi connectivity index (χ3n) is 3.58. The number of aryl methyl sites for hydroxylation is 1. The Morgan fingerprint density at radius 1 is 1.05 bits per heavy atom. The van der Waals surface area contributed by atoms with E-state index in [9.17, 15) is 0 Å². The van der Waals surface area contributed by atoms with E-state index in [1.165, 1.54) is 12.0 Å². The van der Waals surface area contributed by atoms with Gasteiger partial charge in [-0.15, -0.1) is 0 Å². The molecular weight excluding hydrogens is 258 g/mol. The molecule has 3 heteroatoms. The van der Waals surface area contributed by atoms with Crippen LogP contribution in [-0.2, 0) is 6.42 Å². The molecule has 3 aromatic rings. The molecule has 3 nitrogen and oxygen atoms in total. The van der Waals surface area contributed by atoms with E-state index in [0.29, 0.717) is 0 Å². The number of nitrogens with two attached hydrogens (primary N) is 1. The number of nitrogens with one attached hydrogen (secondary N) is 1. The Morgan fingerprint density at radius 3 is 2.62 bits per heavy atom. The van der Waals surface area contributed by atoms with Crippen molar-refractivity contribution in [2.75, 3.05) is 11.1 Å². The van der Waals surface area contributed by atoms with Crippen LogP contribution in [0.2, 0.25) is 0 Å². The number of benzene rings is 2. The molecule has 0 fully saturated rings. The van der Waals surface area contributed by atoms with Crippen molar-refractivity contribution >= 4 is 28.0 Å². The summed E-state index contributed by atoms with van der Waals surface area (Å²) in [4.78, 5) is 4.44. The van der Waals surface area contributed by atoms with Crippen LogP contribution in [0.1, 0.15) is 18.9 Å². The maximum absolute atomic E-state index is 6.00. The molecule has 0 amide bonds. The quantitative estimate of drug-likeness (QED) is 0.690. The molecule has 0 atom stereocenters. The van der Waals surface area contributed by atoms with Crippen LogP contribution >= 0.6 is 0 Å². The van der Waals surface area contributed by atoms with Crippen molar-refractivity contribution < 1.29 is 0 Å². The van der Waals surface area contributed by atoms with Crippen LogP contribution in [0.15, 0.2) is 54.7 Å². The number of rotatable bonds is 4. The minimum Gasteiger partial charge on any atom is -0.398 e. The van der Waals surface area contributed by atoms with Gasteiger partial charge in [-0.3, -0.25) is 4.98 Å². The zero-order valence-electron chi connectivity index (χ0n) is 12.1. The summed E-state index contributed by atoms with van der Waals surface area (Å²) in [6.07, 6.45) is 4.07. The van der Waals surface area contributed by atoms with Gasteiger partial charge >= 0.3 is 0 Å². The molecule has 3 N–H and O–H groups in total. The van der Waals surface area contributed by atoms with E-state index in [2.05, 4.69) is 41.5 Å². The predicted octanol–water partition coefficient (Wildman–Crippen LogP) is 4.51. The van der Waals surface area contributed by atoms with Gasteiger partial charge < -0.3 is 11.1 Å². The summed E-state index contributed by atoms with van der Waals surface area (Å²) in [6.45, 7) is 2.19. The summed E-state index contributed by atoms with van der Waals surface area (Å²) >= 11 is 0. The van der Waals surface area contributed by atoms with E-state index < -0.39 is 0 Å². The Hall–Kier alpha value is -2.55. The average molecular weight is 277 g/mol. The molecule has 0 aliphatic carbocycles. The molecular formula is C18H19N3. The first-order valence-electron chi connectivity index (χ1n) is 7.27. The highest BCUT2D eigenvalue weighted by Gasteiger charge is 2.05. The maximum atomic E-state index is 6.00. The van der Waals surface area contributed by atoms with Gasteiger partial charge in [-0.1, -0.05) is 25.5 Å². The van der Waals surface area contributed by atoms with Gasteiger partial charge in [0.05, 0.1) is 11.2 Å². The smallest absolute Gasteiger partial charge is 0.0957 e. The van der Waals surface area contributed by atoms with Gasteiger partial charge in [-0.05, 0) is 48.4 Å². The zero-order valence-corrected chi connectivity index (χ0v) is 12.1. The highest BCUT2D eigenvalue weighted by molar-refractivity contribution is 5.99. The van der Waals surface area contributed by atoms with E-state index in [1.807, 2.05) is 24.3 Å². The first-order chi connectivity index (χ1) is 10.3. The minimum absolute atomic E-state index is 0.752. The van der Waals surface area contributed by atoms with Gasteiger partial charge in [-0.2, -0.15) is 0 Å². The Kier molecular flexibility index (Phi) is 3.73. The molecule has 3 rings (SSSR count). The fourth-order valence-electron chi connectivity index (χ4n) is 2.49. The molecule has 0 saturated carbocycles. The molecule has 0 saturated heterocycles. The summed E-state index contributed by atoms with van der Waals surface area (Å²) in [5, 5.41) is 4.40. The van der Waals surface area contributed by atoms with Crippen molar-refractivity contribution in [3.8, 4) is 0 Å². The number of aromatic nitrogens is 1. The third-order valence-corrected chi connectivity index (χ3v) is 3.58. The lowest BCUT2D eigenvalue weighted by Crippen LogP contribution is -1.96. The molecule has 0 bridgehead atoms. The highest BCUT2D eigenvalue weighted by Crippen LogP contribution is 2.28. The number of fused-ring (bicyclic) bond motifs is 1. The molecule has 0 aliphatic heterocycles. The monoisotopic (exact) mass is 277 g/mol. The van der Waals surface area contributed by atoms with Crippen molar-refractivity contribution in [2.24, 2.45) is 0 Å². The summed E-state index contributed by atoms with van der Waals surface area (Å²) in [7, 11) is 0. The first kappa shape index (κ1) is 13.4. The zero-order chi connectivity index (χ0) is 14.7. The van der Waals surface area contributed by atoms with E-state index in [0.717, 1.165) is 34.4 Å². The minimum atomic E-state index is 0.752. The molecule has 0 aliphatic rings. The van der Waals surface area contributed by atoms with E-state index in [-0.39, 0.29) is 0 Å². The van der Waals surface area contributed by atoms with Crippen LogP contribution in [0.25, 0.3) is 10.9 Å². The van der Waals surface area contributed by atoms with Gasteiger partial charge in [-0.25, -0.2) is 0 Å². The van der Waals surface area contributed by atoms with Gasteiger partial charge in [0.2, 0.25) is 0 Å². The summed E-state index contributed by atoms with van der Waals surface area (Å²) in [5.41, 5.74) is 11.1. The Balaban J connectivity index is 1.93.